The van der Waals surface area contributed by atoms with Gasteiger partial charge in [-0.05, 0) is 47.7 Å². The van der Waals surface area contributed by atoms with Crippen LogP contribution >= 0.6 is 11.3 Å². The minimum absolute atomic E-state index is 0.247. The molecule has 3 aromatic rings. The molecule has 0 bridgehead atoms. The molecular weight excluding hydrogens is 401 g/mol. The van der Waals surface area contributed by atoms with Gasteiger partial charge in [-0.1, -0.05) is 30.3 Å². The highest BCUT2D eigenvalue weighted by Gasteiger charge is 2.29. The van der Waals surface area contributed by atoms with Crippen molar-refractivity contribution in [2.75, 3.05) is 11.9 Å². The first kappa shape index (κ1) is 20.6. The SMILES string of the molecule is O=C(Nc1ccccc1C(=O)NCCc1ccc(C(F)(F)F)cc1)c1cccs1. The van der Waals surface area contributed by atoms with Crippen LogP contribution < -0.4 is 10.6 Å². The highest BCUT2D eigenvalue weighted by molar-refractivity contribution is 7.12. The first-order chi connectivity index (χ1) is 13.8. The van der Waals surface area contributed by atoms with Gasteiger partial charge < -0.3 is 10.6 Å². The predicted molar refractivity (Wildman–Crippen MR) is 106 cm³/mol. The second-order valence-electron chi connectivity index (χ2n) is 6.18. The fourth-order valence-electron chi connectivity index (χ4n) is 2.66. The van der Waals surface area contributed by atoms with Gasteiger partial charge in [0.2, 0.25) is 0 Å². The summed E-state index contributed by atoms with van der Waals surface area (Å²) in [6, 6.07) is 14.9. The minimum Gasteiger partial charge on any atom is -0.352 e. The normalized spacial score (nSPS) is 11.1. The van der Waals surface area contributed by atoms with Crippen LogP contribution in [0, 0.1) is 0 Å². The predicted octanol–water partition coefficient (Wildman–Crippen LogP) is 4.99. The van der Waals surface area contributed by atoms with Gasteiger partial charge in [0.1, 0.15) is 0 Å². The second kappa shape index (κ2) is 8.91. The third-order valence-corrected chi connectivity index (χ3v) is 5.01. The molecule has 150 valence electrons. The van der Waals surface area contributed by atoms with E-state index in [0.717, 1.165) is 12.1 Å². The summed E-state index contributed by atoms with van der Waals surface area (Å²) >= 11 is 1.30. The Morgan fingerprint density at radius 3 is 2.28 bits per heavy atom. The first-order valence-corrected chi connectivity index (χ1v) is 9.61. The number of anilines is 1. The number of carbonyl (C=O) groups excluding carboxylic acids is 2. The number of thiophene rings is 1. The lowest BCUT2D eigenvalue weighted by atomic mass is 10.1. The quantitative estimate of drug-likeness (QED) is 0.592. The van der Waals surface area contributed by atoms with Gasteiger partial charge in [-0.2, -0.15) is 13.2 Å². The van der Waals surface area contributed by atoms with Gasteiger partial charge in [0, 0.05) is 6.54 Å². The number of hydrogen-bond donors (Lipinski definition) is 2. The van der Waals surface area contributed by atoms with E-state index >= 15 is 0 Å². The van der Waals surface area contributed by atoms with Crippen LogP contribution in [0.3, 0.4) is 0 Å². The number of nitrogens with one attached hydrogen (secondary N) is 2. The molecule has 3 rings (SSSR count). The summed E-state index contributed by atoms with van der Waals surface area (Å²) in [6.45, 7) is 0.247. The van der Waals surface area contributed by atoms with Crippen molar-refractivity contribution in [2.45, 2.75) is 12.6 Å². The maximum Gasteiger partial charge on any atom is 0.416 e. The van der Waals surface area contributed by atoms with Crippen molar-refractivity contribution in [1.29, 1.82) is 0 Å². The van der Waals surface area contributed by atoms with Crippen molar-refractivity contribution in [1.82, 2.24) is 5.32 Å². The standard InChI is InChI=1S/C21H17F3N2O2S/c22-21(23,24)15-9-7-14(8-10-15)11-12-25-19(27)16-4-1-2-5-17(16)26-20(28)18-6-3-13-29-18/h1-10,13H,11-12H2,(H,25,27)(H,26,28). The molecule has 2 N–H and O–H groups in total. The number of amides is 2. The summed E-state index contributed by atoms with van der Waals surface area (Å²) in [5.41, 5.74) is 0.668. The van der Waals surface area contributed by atoms with E-state index in [1.54, 1.807) is 41.8 Å². The van der Waals surface area contributed by atoms with E-state index in [1.807, 2.05) is 0 Å². The van der Waals surface area contributed by atoms with Crippen LogP contribution in [0.2, 0.25) is 0 Å². The van der Waals surface area contributed by atoms with E-state index in [-0.39, 0.29) is 18.4 Å². The Bertz CT molecular complexity index is 984. The summed E-state index contributed by atoms with van der Waals surface area (Å²) in [4.78, 5) is 25.3. The van der Waals surface area contributed by atoms with Crippen LogP contribution in [-0.2, 0) is 12.6 Å². The topological polar surface area (TPSA) is 58.2 Å². The van der Waals surface area contributed by atoms with E-state index in [0.29, 0.717) is 28.1 Å². The van der Waals surface area contributed by atoms with E-state index in [1.165, 1.54) is 23.5 Å². The Kier molecular flexibility index (Phi) is 6.33. The number of rotatable bonds is 6. The molecule has 0 fully saturated rings. The van der Waals surface area contributed by atoms with E-state index in [4.69, 9.17) is 0 Å². The molecule has 0 aliphatic heterocycles. The van der Waals surface area contributed by atoms with Crippen molar-refractivity contribution < 1.29 is 22.8 Å². The highest BCUT2D eigenvalue weighted by Crippen LogP contribution is 2.29. The molecule has 1 aromatic heterocycles. The third kappa shape index (κ3) is 5.45. The Morgan fingerprint density at radius 1 is 0.897 bits per heavy atom. The van der Waals surface area contributed by atoms with Crippen molar-refractivity contribution >= 4 is 28.8 Å². The van der Waals surface area contributed by atoms with Gasteiger partial charge in [0.15, 0.2) is 0 Å². The number of benzene rings is 2. The maximum atomic E-state index is 12.6. The average molecular weight is 418 g/mol. The van der Waals surface area contributed by atoms with E-state index < -0.39 is 11.7 Å². The molecule has 8 heteroatoms. The summed E-state index contributed by atoms with van der Waals surface area (Å²) in [7, 11) is 0. The van der Waals surface area contributed by atoms with Gasteiger partial charge in [0.05, 0.1) is 21.7 Å². The summed E-state index contributed by atoms with van der Waals surface area (Å²) < 4.78 is 37.8. The van der Waals surface area contributed by atoms with Crippen LogP contribution in [0.4, 0.5) is 18.9 Å². The molecule has 0 unspecified atom stereocenters. The lowest BCUT2D eigenvalue weighted by molar-refractivity contribution is -0.137. The molecule has 0 saturated carbocycles. The Labute approximate surface area is 169 Å². The molecule has 0 atom stereocenters. The van der Waals surface area contributed by atoms with E-state index in [2.05, 4.69) is 10.6 Å². The molecular formula is C21H17F3N2O2S. The van der Waals surface area contributed by atoms with Crippen molar-refractivity contribution in [3.05, 3.63) is 87.6 Å². The summed E-state index contributed by atoms with van der Waals surface area (Å²) in [5.74, 6) is -0.677. The van der Waals surface area contributed by atoms with Crippen LogP contribution in [-0.4, -0.2) is 18.4 Å². The molecule has 1 heterocycles. The zero-order chi connectivity index (χ0) is 20.9. The molecule has 4 nitrogen and oxygen atoms in total. The largest absolute Gasteiger partial charge is 0.416 e. The Balaban J connectivity index is 1.59. The number of carbonyl (C=O) groups is 2. The van der Waals surface area contributed by atoms with E-state index in [9.17, 15) is 22.8 Å². The Morgan fingerprint density at radius 2 is 1.62 bits per heavy atom. The molecule has 29 heavy (non-hydrogen) atoms. The first-order valence-electron chi connectivity index (χ1n) is 8.73. The maximum absolute atomic E-state index is 12.6. The van der Waals surface area contributed by atoms with Gasteiger partial charge in [0.25, 0.3) is 11.8 Å². The van der Waals surface area contributed by atoms with Crippen LogP contribution in [0.1, 0.15) is 31.2 Å². The average Bonchev–Trinajstić information content (AvgIpc) is 3.23. The highest BCUT2D eigenvalue weighted by atomic mass is 32.1. The second-order valence-corrected chi connectivity index (χ2v) is 7.13. The fourth-order valence-corrected chi connectivity index (χ4v) is 3.28. The van der Waals surface area contributed by atoms with Gasteiger partial charge in [-0.15, -0.1) is 11.3 Å². The number of halogens is 3. The lowest BCUT2D eigenvalue weighted by Crippen LogP contribution is -2.27. The van der Waals surface area contributed by atoms with Crippen molar-refractivity contribution in [3.63, 3.8) is 0 Å². The molecule has 0 aliphatic rings. The fraction of sp³-hybridized carbons (Fsp3) is 0.143. The zero-order valence-corrected chi connectivity index (χ0v) is 15.9. The third-order valence-electron chi connectivity index (χ3n) is 4.15. The van der Waals surface area contributed by atoms with Crippen LogP contribution in [0.15, 0.2) is 66.0 Å². The smallest absolute Gasteiger partial charge is 0.352 e. The van der Waals surface area contributed by atoms with Crippen LogP contribution in [0.5, 0.6) is 0 Å². The lowest BCUT2D eigenvalue weighted by Gasteiger charge is -2.11. The Hall–Kier alpha value is -3.13. The van der Waals surface area contributed by atoms with Crippen molar-refractivity contribution in [2.24, 2.45) is 0 Å². The van der Waals surface area contributed by atoms with Gasteiger partial charge >= 0.3 is 6.18 Å². The molecule has 2 aromatic carbocycles. The van der Waals surface area contributed by atoms with Gasteiger partial charge in [-0.25, -0.2) is 0 Å². The summed E-state index contributed by atoms with van der Waals surface area (Å²) in [5, 5.41) is 7.24. The molecule has 0 radical (unpaired) electrons. The molecule has 2 amide bonds. The minimum atomic E-state index is -4.37. The van der Waals surface area contributed by atoms with Gasteiger partial charge in [-0.3, -0.25) is 9.59 Å². The zero-order valence-electron chi connectivity index (χ0n) is 15.1. The number of hydrogen-bond acceptors (Lipinski definition) is 3. The van der Waals surface area contributed by atoms with Crippen molar-refractivity contribution in [3.8, 4) is 0 Å². The number of para-hydroxylation sites is 1. The monoisotopic (exact) mass is 418 g/mol. The molecule has 0 saturated heterocycles. The number of alkyl halides is 3. The molecule has 0 aliphatic carbocycles. The van der Waals surface area contributed by atoms with Crippen LogP contribution in [0.25, 0.3) is 0 Å². The molecule has 0 spiro atoms. The summed E-state index contributed by atoms with van der Waals surface area (Å²) in [6.07, 6.45) is -3.99.